The maximum Gasteiger partial charge on any atom is 0.326 e. The highest BCUT2D eigenvalue weighted by molar-refractivity contribution is 5.85. The number of likely N-dealkylation sites (tertiary alicyclic amines) is 1. The van der Waals surface area contributed by atoms with Gasteiger partial charge in [0.15, 0.2) is 0 Å². The number of amides is 1. The van der Waals surface area contributed by atoms with Gasteiger partial charge < -0.3 is 10.0 Å². The SMILES string of the molecule is CC1CCCN(C(=O)Cc2cccc(F)c2)C1C(=O)O. The number of rotatable bonds is 3. The lowest BCUT2D eigenvalue weighted by atomic mass is 9.90. The third-order valence-electron chi connectivity index (χ3n) is 3.75. The molecule has 1 aliphatic rings. The summed E-state index contributed by atoms with van der Waals surface area (Å²) in [6, 6.07) is 5.07. The number of halogens is 1. The van der Waals surface area contributed by atoms with Crippen LogP contribution in [-0.4, -0.2) is 34.5 Å². The summed E-state index contributed by atoms with van der Waals surface area (Å²) in [6.45, 7) is 2.30. The fourth-order valence-corrected chi connectivity index (χ4v) is 2.77. The van der Waals surface area contributed by atoms with Crippen LogP contribution in [0.3, 0.4) is 0 Å². The number of hydrogen-bond acceptors (Lipinski definition) is 2. The molecule has 20 heavy (non-hydrogen) atoms. The number of aliphatic carboxylic acids is 1. The Morgan fingerprint density at radius 2 is 2.20 bits per heavy atom. The number of piperidine rings is 1. The number of nitrogens with zero attached hydrogens (tertiary/aromatic N) is 1. The van der Waals surface area contributed by atoms with Gasteiger partial charge in [-0.25, -0.2) is 9.18 Å². The van der Waals surface area contributed by atoms with E-state index in [1.54, 1.807) is 12.1 Å². The summed E-state index contributed by atoms with van der Waals surface area (Å²) in [5, 5.41) is 9.28. The first kappa shape index (κ1) is 14.5. The minimum absolute atomic E-state index is 0.0360. The van der Waals surface area contributed by atoms with Gasteiger partial charge in [-0.15, -0.1) is 0 Å². The Morgan fingerprint density at radius 1 is 1.45 bits per heavy atom. The Balaban J connectivity index is 2.12. The van der Waals surface area contributed by atoms with Gasteiger partial charge in [0.05, 0.1) is 6.42 Å². The zero-order valence-electron chi connectivity index (χ0n) is 11.4. The lowest BCUT2D eigenvalue weighted by Crippen LogP contribution is -2.52. The molecule has 1 aromatic rings. The number of carboxylic acids is 1. The van der Waals surface area contributed by atoms with E-state index in [2.05, 4.69) is 0 Å². The molecule has 1 N–H and O–H groups in total. The summed E-state index contributed by atoms with van der Waals surface area (Å²) < 4.78 is 13.1. The average Bonchev–Trinajstić information content (AvgIpc) is 2.37. The van der Waals surface area contributed by atoms with E-state index in [-0.39, 0.29) is 18.2 Å². The van der Waals surface area contributed by atoms with Crippen molar-refractivity contribution >= 4 is 11.9 Å². The first-order chi connectivity index (χ1) is 9.49. The highest BCUT2D eigenvalue weighted by Crippen LogP contribution is 2.24. The van der Waals surface area contributed by atoms with E-state index in [0.717, 1.165) is 12.8 Å². The molecule has 2 atom stereocenters. The summed E-state index contributed by atoms with van der Waals surface area (Å²) in [4.78, 5) is 25.0. The third-order valence-corrected chi connectivity index (χ3v) is 3.75. The second-order valence-corrected chi connectivity index (χ2v) is 5.30. The second kappa shape index (κ2) is 6.03. The smallest absolute Gasteiger partial charge is 0.326 e. The molecule has 0 spiro atoms. The quantitative estimate of drug-likeness (QED) is 0.921. The van der Waals surface area contributed by atoms with Gasteiger partial charge in [-0.05, 0) is 36.5 Å². The van der Waals surface area contributed by atoms with Gasteiger partial charge in [0.1, 0.15) is 11.9 Å². The lowest BCUT2D eigenvalue weighted by Gasteiger charge is -2.37. The Morgan fingerprint density at radius 3 is 2.85 bits per heavy atom. The van der Waals surface area contributed by atoms with Crippen LogP contribution >= 0.6 is 0 Å². The van der Waals surface area contributed by atoms with Gasteiger partial charge >= 0.3 is 5.97 Å². The normalized spacial score (nSPS) is 22.6. The zero-order chi connectivity index (χ0) is 14.7. The number of benzene rings is 1. The zero-order valence-corrected chi connectivity index (χ0v) is 11.4. The van der Waals surface area contributed by atoms with Crippen LogP contribution < -0.4 is 0 Å². The second-order valence-electron chi connectivity index (χ2n) is 5.30. The maximum absolute atomic E-state index is 13.1. The maximum atomic E-state index is 13.1. The number of carbonyl (C=O) groups is 2. The van der Waals surface area contributed by atoms with Crippen molar-refractivity contribution in [1.82, 2.24) is 4.90 Å². The fourth-order valence-electron chi connectivity index (χ4n) is 2.77. The van der Waals surface area contributed by atoms with Crippen molar-refractivity contribution in [2.24, 2.45) is 5.92 Å². The summed E-state index contributed by atoms with van der Waals surface area (Å²) in [6.07, 6.45) is 1.65. The summed E-state index contributed by atoms with van der Waals surface area (Å²) in [5.74, 6) is -1.67. The Kier molecular flexibility index (Phi) is 4.37. The topological polar surface area (TPSA) is 57.6 Å². The van der Waals surface area contributed by atoms with Crippen LogP contribution in [0.4, 0.5) is 4.39 Å². The first-order valence-electron chi connectivity index (χ1n) is 6.75. The van der Waals surface area contributed by atoms with Crippen LogP contribution in [0.25, 0.3) is 0 Å². The van der Waals surface area contributed by atoms with Crippen molar-refractivity contribution in [1.29, 1.82) is 0 Å². The molecule has 0 radical (unpaired) electrons. The molecule has 1 saturated heterocycles. The molecular weight excluding hydrogens is 261 g/mol. The van der Waals surface area contributed by atoms with Gasteiger partial charge in [0, 0.05) is 6.54 Å². The van der Waals surface area contributed by atoms with Crippen LogP contribution in [0.15, 0.2) is 24.3 Å². The molecule has 1 fully saturated rings. The van der Waals surface area contributed by atoms with Crippen molar-refractivity contribution in [3.8, 4) is 0 Å². The molecule has 0 aliphatic carbocycles. The highest BCUT2D eigenvalue weighted by atomic mass is 19.1. The molecule has 1 amide bonds. The lowest BCUT2D eigenvalue weighted by molar-refractivity contribution is -0.154. The van der Waals surface area contributed by atoms with Crippen molar-refractivity contribution in [3.05, 3.63) is 35.6 Å². The van der Waals surface area contributed by atoms with Crippen molar-refractivity contribution in [3.63, 3.8) is 0 Å². The predicted molar refractivity (Wildman–Crippen MR) is 71.6 cm³/mol. The van der Waals surface area contributed by atoms with Crippen molar-refractivity contribution < 1.29 is 19.1 Å². The molecule has 1 aromatic carbocycles. The number of hydrogen-bond donors (Lipinski definition) is 1. The average molecular weight is 279 g/mol. The monoisotopic (exact) mass is 279 g/mol. The van der Waals surface area contributed by atoms with Gasteiger partial charge in [0.25, 0.3) is 0 Å². The van der Waals surface area contributed by atoms with E-state index >= 15 is 0 Å². The van der Waals surface area contributed by atoms with Gasteiger partial charge in [0.2, 0.25) is 5.91 Å². The fraction of sp³-hybridized carbons (Fsp3) is 0.467. The number of carbonyl (C=O) groups excluding carboxylic acids is 1. The third kappa shape index (κ3) is 3.15. The van der Waals surface area contributed by atoms with E-state index < -0.39 is 17.8 Å². The predicted octanol–water partition coefficient (Wildman–Crippen LogP) is 2.08. The molecule has 0 bridgehead atoms. The molecule has 5 heteroatoms. The largest absolute Gasteiger partial charge is 0.480 e. The van der Waals surface area contributed by atoms with Crippen LogP contribution in [0.2, 0.25) is 0 Å². The molecule has 0 aromatic heterocycles. The summed E-state index contributed by atoms with van der Waals surface area (Å²) in [7, 11) is 0. The molecule has 2 unspecified atom stereocenters. The van der Waals surface area contributed by atoms with Crippen LogP contribution in [0.5, 0.6) is 0 Å². The molecule has 108 valence electrons. The Hall–Kier alpha value is -1.91. The Labute approximate surface area is 117 Å². The number of carboxylic acid groups (broad SMARTS) is 1. The molecule has 1 aliphatic heterocycles. The molecular formula is C15H18FNO3. The highest BCUT2D eigenvalue weighted by Gasteiger charge is 2.36. The molecule has 0 saturated carbocycles. The van der Waals surface area contributed by atoms with E-state index in [1.165, 1.54) is 17.0 Å². The molecule has 2 rings (SSSR count). The van der Waals surface area contributed by atoms with E-state index in [4.69, 9.17) is 0 Å². The van der Waals surface area contributed by atoms with Gasteiger partial charge in [-0.1, -0.05) is 19.1 Å². The van der Waals surface area contributed by atoms with E-state index in [0.29, 0.717) is 12.1 Å². The van der Waals surface area contributed by atoms with E-state index in [9.17, 15) is 19.1 Å². The van der Waals surface area contributed by atoms with Crippen molar-refractivity contribution in [2.75, 3.05) is 6.54 Å². The standard InChI is InChI=1S/C15H18FNO3/c1-10-4-3-7-17(14(10)15(19)20)13(18)9-11-5-2-6-12(16)8-11/h2,5-6,8,10,14H,3-4,7,9H2,1H3,(H,19,20). The van der Waals surface area contributed by atoms with Crippen LogP contribution in [0.1, 0.15) is 25.3 Å². The molecule has 1 heterocycles. The van der Waals surface area contributed by atoms with E-state index in [1.807, 2.05) is 6.92 Å². The first-order valence-corrected chi connectivity index (χ1v) is 6.75. The van der Waals surface area contributed by atoms with Crippen LogP contribution in [0, 0.1) is 11.7 Å². The molecule has 4 nitrogen and oxygen atoms in total. The summed E-state index contributed by atoms with van der Waals surface area (Å²) in [5.41, 5.74) is 0.567. The van der Waals surface area contributed by atoms with Gasteiger partial charge in [-0.3, -0.25) is 4.79 Å². The van der Waals surface area contributed by atoms with Crippen LogP contribution in [-0.2, 0) is 16.0 Å². The Bertz CT molecular complexity index is 518. The summed E-state index contributed by atoms with van der Waals surface area (Å²) >= 11 is 0. The minimum Gasteiger partial charge on any atom is -0.480 e. The van der Waals surface area contributed by atoms with Gasteiger partial charge in [-0.2, -0.15) is 0 Å². The minimum atomic E-state index is -0.968. The van der Waals surface area contributed by atoms with Crippen molar-refractivity contribution in [2.45, 2.75) is 32.2 Å².